The number of nitrogens with two attached hydrogens (primary N) is 1. The zero-order chi connectivity index (χ0) is 11.7. The van der Waals surface area contributed by atoms with Gasteiger partial charge >= 0.3 is 0 Å². The van der Waals surface area contributed by atoms with E-state index in [1.165, 1.54) is 6.07 Å². The first-order valence-corrected chi connectivity index (χ1v) is 4.82. The highest BCUT2D eigenvalue weighted by Crippen LogP contribution is 2.30. The molecule has 0 aliphatic heterocycles. The van der Waals surface area contributed by atoms with Crippen LogP contribution in [0.4, 0.5) is 11.4 Å². The number of rotatable bonds is 3. The Hall–Kier alpha value is -2.13. The monoisotopic (exact) mass is 218 g/mol. The summed E-state index contributed by atoms with van der Waals surface area (Å²) in [6.07, 6.45) is 0.817. The van der Waals surface area contributed by atoms with Crippen LogP contribution in [0.1, 0.15) is 12.0 Å². The van der Waals surface area contributed by atoms with Gasteiger partial charge < -0.3 is 11.1 Å². The quantitative estimate of drug-likeness (QED) is 0.581. The first-order valence-electron chi connectivity index (χ1n) is 4.82. The summed E-state index contributed by atoms with van der Waals surface area (Å²) in [6, 6.07) is 6.39. The van der Waals surface area contributed by atoms with Crippen LogP contribution in [0.3, 0.4) is 0 Å². The van der Waals surface area contributed by atoms with E-state index in [-0.39, 0.29) is 23.3 Å². The van der Waals surface area contributed by atoms with Gasteiger partial charge in [-0.3, -0.25) is 10.1 Å². The van der Waals surface area contributed by atoms with Crippen LogP contribution in [0.5, 0.6) is 0 Å². The van der Waals surface area contributed by atoms with E-state index in [1.54, 1.807) is 12.1 Å². The second-order valence-electron chi connectivity index (χ2n) is 3.75. The lowest BCUT2D eigenvalue weighted by Crippen LogP contribution is -2.14. The molecule has 0 aromatic heterocycles. The Morgan fingerprint density at radius 1 is 1.62 bits per heavy atom. The molecule has 1 aromatic rings. The number of nitrogens with one attached hydrogen (secondary N) is 1. The van der Waals surface area contributed by atoms with Crippen LogP contribution in [0.15, 0.2) is 18.2 Å². The highest BCUT2D eigenvalue weighted by molar-refractivity contribution is 5.65. The van der Waals surface area contributed by atoms with Gasteiger partial charge in [-0.1, -0.05) is 0 Å². The molecule has 2 atom stereocenters. The third kappa shape index (κ3) is 1.94. The summed E-state index contributed by atoms with van der Waals surface area (Å²) in [7, 11) is 0. The minimum absolute atomic E-state index is 0.0650. The second kappa shape index (κ2) is 3.79. The van der Waals surface area contributed by atoms with Gasteiger partial charge in [-0.2, -0.15) is 5.26 Å². The lowest BCUT2D eigenvalue weighted by atomic mass is 10.2. The first kappa shape index (κ1) is 10.4. The Bertz CT molecular complexity index is 480. The van der Waals surface area contributed by atoms with Crippen molar-refractivity contribution in [1.29, 1.82) is 5.26 Å². The van der Waals surface area contributed by atoms with E-state index in [1.807, 2.05) is 6.07 Å². The van der Waals surface area contributed by atoms with Crippen LogP contribution in [0.2, 0.25) is 0 Å². The number of hydrogen-bond acceptors (Lipinski definition) is 5. The number of nitro groups is 1. The lowest BCUT2D eigenvalue weighted by Gasteiger charge is -2.05. The van der Waals surface area contributed by atoms with Crippen molar-refractivity contribution in [2.24, 2.45) is 5.73 Å². The van der Waals surface area contributed by atoms with E-state index in [0.717, 1.165) is 6.42 Å². The molecule has 1 aliphatic carbocycles. The van der Waals surface area contributed by atoms with E-state index in [0.29, 0.717) is 5.69 Å². The van der Waals surface area contributed by atoms with Crippen LogP contribution < -0.4 is 11.1 Å². The standard InChI is InChI=1S/C10H10N4O2/c11-5-6-1-2-8(10(3-6)14(15)16)13-9-4-7(9)12/h1-3,7,9,13H,4,12H2. The molecule has 2 unspecified atom stereocenters. The van der Waals surface area contributed by atoms with E-state index in [9.17, 15) is 10.1 Å². The topological polar surface area (TPSA) is 105 Å². The Morgan fingerprint density at radius 3 is 2.81 bits per heavy atom. The Labute approximate surface area is 91.8 Å². The van der Waals surface area contributed by atoms with Crippen molar-refractivity contribution in [2.75, 3.05) is 5.32 Å². The van der Waals surface area contributed by atoms with Crippen molar-refractivity contribution in [3.8, 4) is 6.07 Å². The Balaban J connectivity index is 2.29. The van der Waals surface area contributed by atoms with Crippen molar-refractivity contribution in [2.45, 2.75) is 18.5 Å². The number of anilines is 1. The number of hydrogen-bond donors (Lipinski definition) is 2. The van der Waals surface area contributed by atoms with Crippen molar-refractivity contribution < 1.29 is 4.92 Å². The van der Waals surface area contributed by atoms with Gasteiger partial charge in [0.1, 0.15) is 5.69 Å². The highest BCUT2D eigenvalue weighted by atomic mass is 16.6. The molecule has 6 heteroatoms. The van der Waals surface area contributed by atoms with E-state index < -0.39 is 4.92 Å². The second-order valence-corrected chi connectivity index (χ2v) is 3.75. The summed E-state index contributed by atoms with van der Waals surface area (Å²) < 4.78 is 0. The molecule has 0 spiro atoms. The zero-order valence-electron chi connectivity index (χ0n) is 8.38. The molecule has 3 N–H and O–H groups in total. The van der Waals surface area contributed by atoms with Gasteiger partial charge in [0.2, 0.25) is 0 Å². The number of benzene rings is 1. The molecule has 16 heavy (non-hydrogen) atoms. The molecule has 0 bridgehead atoms. The molecule has 1 aromatic carbocycles. The van der Waals surface area contributed by atoms with Crippen LogP contribution >= 0.6 is 0 Å². The number of nitriles is 1. The van der Waals surface area contributed by atoms with E-state index in [2.05, 4.69) is 5.32 Å². The van der Waals surface area contributed by atoms with E-state index in [4.69, 9.17) is 11.0 Å². The average molecular weight is 218 g/mol. The molecule has 82 valence electrons. The van der Waals surface area contributed by atoms with Crippen LogP contribution in [-0.4, -0.2) is 17.0 Å². The van der Waals surface area contributed by atoms with Gasteiger partial charge in [0.05, 0.1) is 16.6 Å². The van der Waals surface area contributed by atoms with Crippen molar-refractivity contribution in [3.05, 3.63) is 33.9 Å². The summed E-state index contributed by atoms with van der Waals surface area (Å²) in [6.45, 7) is 0. The molecular formula is C10H10N4O2. The smallest absolute Gasteiger partial charge is 0.293 e. The van der Waals surface area contributed by atoms with Crippen LogP contribution in [0.25, 0.3) is 0 Å². The summed E-state index contributed by atoms with van der Waals surface area (Å²) in [5.41, 5.74) is 6.22. The van der Waals surface area contributed by atoms with Gasteiger partial charge in [-0.25, -0.2) is 0 Å². The third-order valence-electron chi connectivity index (χ3n) is 2.50. The van der Waals surface area contributed by atoms with Gasteiger partial charge in [0, 0.05) is 18.2 Å². The van der Waals surface area contributed by atoms with Gasteiger partial charge in [0.25, 0.3) is 5.69 Å². The zero-order valence-corrected chi connectivity index (χ0v) is 8.38. The molecule has 1 saturated carbocycles. The van der Waals surface area contributed by atoms with Crippen molar-refractivity contribution >= 4 is 11.4 Å². The number of nitro benzene ring substituents is 1. The van der Waals surface area contributed by atoms with Crippen LogP contribution in [-0.2, 0) is 0 Å². The average Bonchev–Trinajstić information content (AvgIpc) is 2.94. The molecule has 0 radical (unpaired) electrons. The van der Waals surface area contributed by atoms with Crippen LogP contribution in [0, 0.1) is 21.4 Å². The molecule has 1 fully saturated rings. The Kier molecular flexibility index (Phi) is 2.46. The fourth-order valence-electron chi connectivity index (χ4n) is 1.45. The molecule has 0 heterocycles. The Morgan fingerprint density at radius 2 is 2.31 bits per heavy atom. The summed E-state index contributed by atoms with van der Waals surface area (Å²) in [4.78, 5) is 10.3. The molecule has 6 nitrogen and oxygen atoms in total. The maximum atomic E-state index is 10.8. The minimum atomic E-state index is -0.503. The maximum Gasteiger partial charge on any atom is 0.293 e. The number of nitrogens with zero attached hydrogens (tertiary/aromatic N) is 2. The fraction of sp³-hybridized carbons (Fsp3) is 0.300. The summed E-state index contributed by atoms with van der Waals surface area (Å²) >= 11 is 0. The summed E-state index contributed by atoms with van der Waals surface area (Å²) in [5.74, 6) is 0. The minimum Gasteiger partial charge on any atom is -0.375 e. The van der Waals surface area contributed by atoms with Gasteiger partial charge in [0.15, 0.2) is 0 Å². The molecule has 0 saturated heterocycles. The van der Waals surface area contributed by atoms with Gasteiger partial charge in [-0.05, 0) is 18.6 Å². The highest BCUT2D eigenvalue weighted by Gasteiger charge is 2.34. The predicted molar refractivity (Wildman–Crippen MR) is 57.8 cm³/mol. The SMILES string of the molecule is N#Cc1ccc(NC2CC2N)c([N+](=O)[O-])c1. The van der Waals surface area contributed by atoms with Crippen molar-refractivity contribution in [3.63, 3.8) is 0 Å². The fourth-order valence-corrected chi connectivity index (χ4v) is 1.45. The molecular weight excluding hydrogens is 208 g/mol. The van der Waals surface area contributed by atoms with E-state index >= 15 is 0 Å². The first-order chi connectivity index (χ1) is 7.61. The maximum absolute atomic E-state index is 10.8. The molecule has 0 amide bonds. The van der Waals surface area contributed by atoms with Gasteiger partial charge in [-0.15, -0.1) is 0 Å². The lowest BCUT2D eigenvalue weighted by molar-refractivity contribution is -0.384. The molecule has 2 rings (SSSR count). The third-order valence-corrected chi connectivity index (χ3v) is 2.50. The largest absolute Gasteiger partial charge is 0.375 e. The summed E-state index contributed by atoms with van der Waals surface area (Å²) in [5, 5.41) is 22.4. The normalized spacial score (nSPS) is 22.2. The van der Waals surface area contributed by atoms with Crippen molar-refractivity contribution in [1.82, 2.24) is 0 Å². The molecule has 1 aliphatic rings. The predicted octanol–water partition coefficient (Wildman–Crippen LogP) is 0.978.